The van der Waals surface area contributed by atoms with Gasteiger partial charge in [-0.05, 0) is 24.3 Å². The van der Waals surface area contributed by atoms with Crippen LogP contribution in [0.4, 0.5) is 5.69 Å². The minimum atomic E-state index is -0.000694. The highest BCUT2D eigenvalue weighted by Gasteiger charge is 2.40. The van der Waals surface area contributed by atoms with Gasteiger partial charge in [0, 0.05) is 11.8 Å². The number of rotatable bonds is 4. The number of thioether (sulfide) groups is 1. The molecule has 1 fully saturated rings. The smallest absolute Gasteiger partial charge is 0.141 e. The second-order valence-corrected chi connectivity index (χ2v) is 5.90. The molecule has 3 N–H and O–H groups in total. The van der Waals surface area contributed by atoms with E-state index in [1.165, 1.54) is 5.75 Å². The minimum absolute atomic E-state index is 0.000694. The quantitative estimate of drug-likeness (QED) is 0.863. The van der Waals surface area contributed by atoms with Crippen molar-refractivity contribution in [3.8, 4) is 5.75 Å². The average Bonchev–Trinajstić information content (AvgIpc) is 2.72. The molecule has 2 rings (SSSR count). The highest BCUT2D eigenvalue weighted by atomic mass is 32.2. The number of ether oxygens (including phenoxy) is 1. The van der Waals surface area contributed by atoms with Gasteiger partial charge in [-0.1, -0.05) is 19.1 Å². The lowest BCUT2D eigenvalue weighted by Crippen LogP contribution is -2.49. The number of benzene rings is 1. The molecule has 94 valence electrons. The normalized spacial score (nSPS) is 28.1. The lowest BCUT2D eigenvalue weighted by Gasteiger charge is -2.34. The first-order valence-electron chi connectivity index (χ1n) is 5.95. The Labute approximate surface area is 107 Å². The van der Waals surface area contributed by atoms with Gasteiger partial charge in [-0.3, -0.25) is 0 Å². The Kier molecular flexibility index (Phi) is 3.84. The molecular weight excluding hydrogens is 232 g/mol. The molecule has 0 saturated carbocycles. The molecule has 1 aromatic rings. The second-order valence-electron chi connectivity index (χ2n) is 4.45. The summed E-state index contributed by atoms with van der Waals surface area (Å²) in [6.07, 6.45) is 1.10. The van der Waals surface area contributed by atoms with E-state index in [1.54, 1.807) is 7.11 Å². The highest BCUT2D eigenvalue weighted by molar-refractivity contribution is 8.00. The Morgan fingerprint density at radius 2 is 2.29 bits per heavy atom. The van der Waals surface area contributed by atoms with Crippen molar-refractivity contribution < 1.29 is 4.74 Å². The molecule has 2 atom stereocenters. The van der Waals surface area contributed by atoms with Crippen LogP contribution < -0.4 is 15.8 Å². The van der Waals surface area contributed by atoms with E-state index in [0.29, 0.717) is 11.8 Å². The molecular formula is C13H20N2OS. The Hall–Kier alpha value is -0.870. The fourth-order valence-corrected chi connectivity index (χ4v) is 3.71. The maximum absolute atomic E-state index is 5.98. The molecule has 4 heteroatoms. The van der Waals surface area contributed by atoms with Crippen molar-refractivity contribution in [1.82, 2.24) is 0 Å². The van der Waals surface area contributed by atoms with Gasteiger partial charge in [-0.2, -0.15) is 11.8 Å². The first-order valence-corrected chi connectivity index (χ1v) is 6.99. The molecule has 1 heterocycles. The molecule has 17 heavy (non-hydrogen) atoms. The van der Waals surface area contributed by atoms with Crippen LogP contribution in [-0.4, -0.2) is 30.2 Å². The van der Waals surface area contributed by atoms with Gasteiger partial charge in [0.05, 0.1) is 18.3 Å². The molecule has 3 nitrogen and oxygen atoms in total. The van der Waals surface area contributed by atoms with E-state index in [9.17, 15) is 0 Å². The Morgan fingerprint density at radius 1 is 1.53 bits per heavy atom. The maximum atomic E-state index is 5.98. The number of nitrogens with two attached hydrogens (primary N) is 1. The summed E-state index contributed by atoms with van der Waals surface area (Å²) in [7, 11) is 1.70. The number of methoxy groups -OCH3 is 1. The summed E-state index contributed by atoms with van der Waals surface area (Å²) in [4.78, 5) is 0. The van der Waals surface area contributed by atoms with Crippen LogP contribution >= 0.6 is 11.8 Å². The van der Waals surface area contributed by atoms with Gasteiger partial charge in [0.1, 0.15) is 5.75 Å². The van der Waals surface area contributed by atoms with Crippen LogP contribution in [0.15, 0.2) is 24.3 Å². The first-order chi connectivity index (χ1) is 8.22. The van der Waals surface area contributed by atoms with Gasteiger partial charge >= 0.3 is 0 Å². The van der Waals surface area contributed by atoms with E-state index in [-0.39, 0.29) is 5.54 Å². The summed E-state index contributed by atoms with van der Waals surface area (Å²) in [5.41, 5.74) is 7.02. The minimum Gasteiger partial charge on any atom is -0.495 e. The van der Waals surface area contributed by atoms with Crippen molar-refractivity contribution in [3.05, 3.63) is 24.3 Å². The third kappa shape index (κ3) is 2.38. The predicted molar refractivity (Wildman–Crippen MR) is 74.9 cm³/mol. The fraction of sp³-hybridized carbons (Fsp3) is 0.538. The number of para-hydroxylation sites is 2. The van der Waals surface area contributed by atoms with Crippen molar-refractivity contribution in [2.45, 2.75) is 24.1 Å². The van der Waals surface area contributed by atoms with Crippen LogP contribution in [0.25, 0.3) is 0 Å². The SMILES string of the molecule is COc1ccccc1NC1(CN)CCSC1C. The molecule has 1 aromatic carbocycles. The molecule has 0 aromatic heterocycles. The summed E-state index contributed by atoms with van der Waals surface area (Å²) in [5, 5.41) is 4.13. The number of nitrogens with one attached hydrogen (secondary N) is 1. The molecule has 1 aliphatic heterocycles. The topological polar surface area (TPSA) is 47.3 Å². The summed E-state index contributed by atoms with van der Waals surface area (Å²) < 4.78 is 5.37. The molecule has 1 aliphatic rings. The van der Waals surface area contributed by atoms with Crippen molar-refractivity contribution in [1.29, 1.82) is 0 Å². The van der Waals surface area contributed by atoms with Crippen LogP contribution in [0.2, 0.25) is 0 Å². The molecule has 0 spiro atoms. The summed E-state index contributed by atoms with van der Waals surface area (Å²) >= 11 is 1.98. The van der Waals surface area contributed by atoms with Crippen LogP contribution in [0.5, 0.6) is 5.75 Å². The third-order valence-electron chi connectivity index (χ3n) is 3.55. The number of anilines is 1. The number of hydrogen-bond acceptors (Lipinski definition) is 4. The van der Waals surface area contributed by atoms with Gasteiger partial charge < -0.3 is 15.8 Å². The molecule has 0 amide bonds. The van der Waals surface area contributed by atoms with Crippen molar-refractivity contribution in [3.63, 3.8) is 0 Å². The van der Waals surface area contributed by atoms with Gasteiger partial charge in [0.15, 0.2) is 0 Å². The monoisotopic (exact) mass is 252 g/mol. The standard InChI is InChI=1S/C13H20N2OS/c1-10-13(9-14,7-8-17-10)15-11-5-3-4-6-12(11)16-2/h3-6,10,15H,7-9,14H2,1-2H3. The van der Waals surface area contributed by atoms with Crippen LogP contribution in [-0.2, 0) is 0 Å². The van der Waals surface area contributed by atoms with Gasteiger partial charge in [-0.25, -0.2) is 0 Å². The molecule has 0 aliphatic carbocycles. The maximum Gasteiger partial charge on any atom is 0.141 e. The third-order valence-corrected chi connectivity index (χ3v) is 4.94. The summed E-state index contributed by atoms with van der Waals surface area (Å²) in [5.74, 6) is 2.05. The van der Waals surface area contributed by atoms with E-state index in [2.05, 4.69) is 12.2 Å². The summed E-state index contributed by atoms with van der Waals surface area (Å²) in [6.45, 7) is 2.89. The van der Waals surface area contributed by atoms with Crippen LogP contribution in [0.1, 0.15) is 13.3 Å². The van der Waals surface area contributed by atoms with Crippen molar-refractivity contribution in [2.24, 2.45) is 5.73 Å². The zero-order valence-corrected chi connectivity index (χ0v) is 11.2. The molecule has 2 unspecified atom stereocenters. The fourth-order valence-electron chi connectivity index (χ4n) is 2.28. The zero-order valence-electron chi connectivity index (χ0n) is 10.4. The lowest BCUT2D eigenvalue weighted by molar-refractivity contribution is 0.411. The van der Waals surface area contributed by atoms with E-state index < -0.39 is 0 Å². The second kappa shape index (κ2) is 5.19. The number of hydrogen-bond donors (Lipinski definition) is 2. The van der Waals surface area contributed by atoms with E-state index in [1.807, 2.05) is 36.0 Å². The van der Waals surface area contributed by atoms with Gasteiger partial charge in [0.2, 0.25) is 0 Å². The summed E-state index contributed by atoms with van der Waals surface area (Å²) in [6, 6.07) is 8.01. The van der Waals surface area contributed by atoms with E-state index >= 15 is 0 Å². The predicted octanol–water partition coefficient (Wildman–Crippen LogP) is 2.33. The van der Waals surface area contributed by atoms with E-state index in [0.717, 1.165) is 17.9 Å². The molecule has 0 bridgehead atoms. The molecule has 1 saturated heterocycles. The van der Waals surface area contributed by atoms with E-state index in [4.69, 9.17) is 10.5 Å². The van der Waals surface area contributed by atoms with Gasteiger partial charge in [0.25, 0.3) is 0 Å². The van der Waals surface area contributed by atoms with Gasteiger partial charge in [-0.15, -0.1) is 0 Å². The average molecular weight is 252 g/mol. The van der Waals surface area contributed by atoms with Crippen LogP contribution in [0.3, 0.4) is 0 Å². The first kappa shape index (κ1) is 12.6. The highest BCUT2D eigenvalue weighted by Crippen LogP contribution is 2.39. The molecule has 0 radical (unpaired) electrons. The Morgan fingerprint density at radius 3 is 2.88 bits per heavy atom. The van der Waals surface area contributed by atoms with Crippen LogP contribution in [0, 0.1) is 0 Å². The Bertz CT molecular complexity index is 385. The zero-order chi connectivity index (χ0) is 12.3. The van der Waals surface area contributed by atoms with Crippen molar-refractivity contribution in [2.75, 3.05) is 24.7 Å². The largest absolute Gasteiger partial charge is 0.495 e. The van der Waals surface area contributed by atoms with Crippen molar-refractivity contribution >= 4 is 17.4 Å². The Balaban J connectivity index is 2.24. The lowest BCUT2D eigenvalue weighted by atomic mass is 9.92.